The predicted molar refractivity (Wildman–Crippen MR) is 76.1 cm³/mol. The summed E-state index contributed by atoms with van der Waals surface area (Å²) in [5.41, 5.74) is 2.22. The second kappa shape index (κ2) is 5.50. The Bertz CT molecular complexity index is 517. The van der Waals surface area contributed by atoms with Crippen molar-refractivity contribution in [2.75, 3.05) is 7.05 Å². The van der Waals surface area contributed by atoms with Crippen molar-refractivity contribution in [2.45, 2.75) is 26.3 Å². The second-order valence-corrected chi connectivity index (χ2v) is 5.64. The lowest BCUT2D eigenvalue weighted by atomic mass is 10.1. The number of thiazole rings is 1. The van der Waals surface area contributed by atoms with Crippen LogP contribution in [0.25, 0.3) is 10.6 Å². The van der Waals surface area contributed by atoms with Gasteiger partial charge in [0.25, 0.3) is 0 Å². The predicted octanol–water partition coefficient (Wildman–Crippen LogP) is 3.36. The van der Waals surface area contributed by atoms with Crippen LogP contribution in [0, 0.1) is 0 Å². The van der Waals surface area contributed by atoms with E-state index < -0.39 is 0 Å². The van der Waals surface area contributed by atoms with Gasteiger partial charge in [-0.2, -0.15) is 0 Å². The number of aromatic nitrogens is 1. The fourth-order valence-electron chi connectivity index (χ4n) is 1.83. The number of aromatic hydroxyl groups is 1. The minimum atomic E-state index is 0.287. The summed E-state index contributed by atoms with van der Waals surface area (Å²) < 4.78 is 0. The third-order valence-corrected chi connectivity index (χ3v) is 3.85. The number of phenolic OH excluding ortho intramolecular Hbond substituents is 1. The molecule has 18 heavy (non-hydrogen) atoms. The highest BCUT2D eigenvalue weighted by atomic mass is 32.1. The van der Waals surface area contributed by atoms with Crippen molar-refractivity contribution >= 4 is 11.3 Å². The fraction of sp³-hybridized carbons (Fsp3) is 0.357. The molecule has 0 aliphatic rings. The quantitative estimate of drug-likeness (QED) is 0.888. The lowest BCUT2D eigenvalue weighted by Gasteiger charge is -2.03. The summed E-state index contributed by atoms with van der Waals surface area (Å²) in [5.74, 6) is 0.713. The molecule has 2 aromatic rings. The number of phenols is 1. The van der Waals surface area contributed by atoms with Gasteiger partial charge in [-0.25, -0.2) is 4.98 Å². The van der Waals surface area contributed by atoms with Crippen LogP contribution in [0.1, 0.15) is 30.3 Å². The first-order valence-corrected chi connectivity index (χ1v) is 6.87. The van der Waals surface area contributed by atoms with E-state index in [1.54, 1.807) is 23.5 Å². The van der Waals surface area contributed by atoms with Crippen LogP contribution in [-0.4, -0.2) is 17.1 Å². The Kier molecular flexibility index (Phi) is 3.99. The van der Waals surface area contributed by atoms with Gasteiger partial charge >= 0.3 is 0 Å². The highest BCUT2D eigenvalue weighted by Crippen LogP contribution is 2.32. The van der Waals surface area contributed by atoms with Gasteiger partial charge in [0.2, 0.25) is 0 Å². The molecule has 1 aromatic carbocycles. The molecular weight excluding hydrogens is 244 g/mol. The average Bonchev–Trinajstić information content (AvgIpc) is 2.75. The standard InChI is InChI=1S/C14H18N2OS/c1-9(2)13-12(8-15-3)18-14(16-13)10-4-6-11(17)7-5-10/h4-7,9,15,17H,8H2,1-3H3. The SMILES string of the molecule is CNCc1sc(-c2ccc(O)cc2)nc1C(C)C. The Balaban J connectivity index is 2.39. The molecule has 1 aromatic heterocycles. The Labute approximate surface area is 112 Å². The lowest BCUT2D eigenvalue weighted by Crippen LogP contribution is -2.06. The highest BCUT2D eigenvalue weighted by Gasteiger charge is 2.14. The van der Waals surface area contributed by atoms with E-state index >= 15 is 0 Å². The van der Waals surface area contributed by atoms with Crippen LogP contribution < -0.4 is 5.32 Å². The van der Waals surface area contributed by atoms with Crippen LogP contribution >= 0.6 is 11.3 Å². The van der Waals surface area contributed by atoms with E-state index in [4.69, 9.17) is 4.98 Å². The number of rotatable bonds is 4. The molecule has 0 unspecified atom stereocenters. The highest BCUT2D eigenvalue weighted by molar-refractivity contribution is 7.15. The summed E-state index contributed by atoms with van der Waals surface area (Å²) >= 11 is 1.72. The zero-order valence-corrected chi connectivity index (χ0v) is 11.7. The van der Waals surface area contributed by atoms with Crippen LogP contribution in [0.5, 0.6) is 5.75 Å². The van der Waals surface area contributed by atoms with E-state index in [1.807, 2.05) is 19.2 Å². The lowest BCUT2D eigenvalue weighted by molar-refractivity contribution is 0.475. The van der Waals surface area contributed by atoms with Crippen LogP contribution in [0.4, 0.5) is 0 Å². The molecule has 1 heterocycles. The van der Waals surface area contributed by atoms with E-state index in [-0.39, 0.29) is 5.75 Å². The monoisotopic (exact) mass is 262 g/mol. The molecule has 0 aliphatic carbocycles. The topological polar surface area (TPSA) is 45.1 Å². The van der Waals surface area contributed by atoms with Crippen molar-refractivity contribution < 1.29 is 5.11 Å². The summed E-state index contributed by atoms with van der Waals surface area (Å²) in [6.45, 7) is 5.17. The van der Waals surface area contributed by atoms with Crippen LogP contribution in [-0.2, 0) is 6.54 Å². The number of nitrogens with zero attached hydrogens (tertiary/aromatic N) is 1. The molecule has 3 nitrogen and oxygen atoms in total. The Morgan fingerprint density at radius 1 is 1.28 bits per heavy atom. The van der Waals surface area contributed by atoms with Crippen molar-refractivity contribution in [2.24, 2.45) is 0 Å². The first kappa shape index (κ1) is 13.1. The van der Waals surface area contributed by atoms with Crippen LogP contribution in [0.3, 0.4) is 0 Å². The molecule has 0 amide bonds. The molecule has 0 saturated carbocycles. The first-order valence-electron chi connectivity index (χ1n) is 6.05. The maximum atomic E-state index is 9.31. The van der Waals surface area contributed by atoms with Gasteiger partial charge in [-0.05, 0) is 37.2 Å². The van der Waals surface area contributed by atoms with Gasteiger partial charge in [0.1, 0.15) is 10.8 Å². The fourth-order valence-corrected chi connectivity index (χ4v) is 3.06. The summed E-state index contributed by atoms with van der Waals surface area (Å²) in [4.78, 5) is 6.01. The summed E-state index contributed by atoms with van der Waals surface area (Å²) in [6, 6.07) is 7.20. The average molecular weight is 262 g/mol. The molecule has 4 heteroatoms. The molecule has 2 N–H and O–H groups in total. The van der Waals surface area contributed by atoms with Gasteiger partial charge < -0.3 is 10.4 Å². The van der Waals surface area contributed by atoms with Gasteiger partial charge in [0, 0.05) is 17.0 Å². The second-order valence-electron chi connectivity index (χ2n) is 4.56. The van der Waals surface area contributed by atoms with E-state index in [0.29, 0.717) is 5.92 Å². The molecule has 0 saturated heterocycles. The van der Waals surface area contributed by atoms with E-state index in [1.165, 1.54) is 4.88 Å². The van der Waals surface area contributed by atoms with Crippen molar-refractivity contribution in [1.82, 2.24) is 10.3 Å². The third-order valence-electron chi connectivity index (χ3n) is 2.73. The van der Waals surface area contributed by atoms with E-state index in [2.05, 4.69) is 19.2 Å². The first-order chi connectivity index (χ1) is 8.61. The van der Waals surface area contributed by atoms with Gasteiger partial charge in [-0.1, -0.05) is 13.8 Å². The number of hydrogen-bond donors (Lipinski definition) is 2. The summed E-state index contributed by atoms with van der Waals surface area (Å²) in [6.07, 6.45) is 0. The van der Waals surface area contributed by atoms with E-state index in [0.717, 1.165) is 22.8 Å². The largest absolute Gasteiger partial charge is 0.508 e. The molecule has 0 fully saturated rings. The van der Waals surface area contributed by atoms with Crippen LogP contribution in [0.15, 0.2) is 24.3 Å². The van der Waals surface area contributed by atoms with Crippen molar-refractivity contribution in [3.05, 3.63) is 34.8 Å². The zero-order chi connectivity index (χ0) is 13.1. The van der Waals surface area contributed by atoms with E-state index in [9.17, 15) is 5.11 Å². The minimum Gasteiger partial charge on any atom is -0.508 e. The molecule has 96 valence electrons. The number of hydrogen-bond acceptors (Lipinski definition) is 4. The van der Waals surface area contributed by atoms with Gasteiger partial charge in [-0.15, -0.1) is 11.3 Å². The maximum absolute atomic E-state index is 9.31. The molecule has 0 bridgehead atoms. The molecule has 0 aliphatic heterocycles. The summed E-state index contributed by atoms with van der Waals surface area (Å²) in [5, 5.41) is 13.5. The molecular formula is C14H18N2OS. The molecule has 0 radical (unpaired) electrons. The number of nitrogens with one attached hydrogen (secondary N) is 1. The zero-order valence-electron chi connectivity index (χ0n) is 10.9. The molecule has 0 atom stereocenters. The normalized spacial score (nSPS) is 11.1. The van der Waals surface area contributed by atoms with Crippen molar-refractivity contribution in [3.63, 3.8) is 0 Å². The van der Waals surface area contributed by atoms with Crippen molar-refractivity contribution in [1.29, 1.82) is 0 Å². The van der Waals surface area contributed by atoms with Crippen molar-refractivity contribution in [3.8, 4) is 16.3 Å². The third kappa shape index (κ3) is 2.71. The summed E-state index contributed by atoms with van der Waals surface area (Å²) in [7, 11) is 1.95. The Morgan fingerprint density at radius 2 is 1.94 bits per heavy atom. The van der Waals surface area contributed by atoms with Gasteiger partial charge in [0.05, 0.1) is 5.69 Å². The molecule has 0 spiro atoms. The van der Waals surface area contributed by atoms with Crippen LogP contribution in [0.2, 0.25) is 0 Å². The Morgan fingerprint density at radius 3 is 2.50 bits per heavy atom. The smallest absolute Gasteiger partial charge is 0.123 e. The van der Waals surface area contributed by atoms with Gasteiger partial charge in [0.15, 0.2) is 0 Å². The Hall–Kier alpha value is -1.39. The maximum Gasteiger partial charge on any atom is 0.123 e. The van der Waals surface area contributed by atoms with Gasteiger partial charge in [-0.3, -0.25) is 0 Å². The minimum absolute atomic E-state index is 0.287. The number of benzene rings is 1. The molecule has 2 rings (SSSR count).